The van der Waals surface area contributed by atoms with Gasteiger partial charge in [-0.05, 0) is 40.9 Å². The molecule has 0 saturated heterocycles. The van der Waals surface area contributed by atoms with Crippen LogP contribution < -0.4 is 0 Å². The fourth-order valence-corrected chi connectivity index (χ4v) is 6.27. The fourth-order valence-electron chi connectivity index (χ4n) is 2.99. The van der Waals surface area contributed by atoms with Crippen LogP contribution in [-0.2, 0) is 10.9 Å². The van der Waals surface area contributed by atoms with Gasteiger partial charge in [0.1, 0.15) is 11.5 Å². The molecule has 2 aromatic rings. The Morgan fingerprint density at radius 2 is 1.55 bits per heavy atom. The molecule has 0 radical (unpaired) electrons. The molecular formula is C20H24BrN2O5S+. The Labute approximate surface area is 180 Å². The predicted molar refractivity (Wildman–Crippen MR) is 120 cm³/mol. The molecule has 9 heteroatoms. The van der Waals surface area contributed by atoms with Gasteiger partial charge in [-0.15, -0.1) is 0 Å². The van der Waals surface area contributed by atoms with E-state index in [1.807, 2.05) is 0 Å². The second-order valence-electron chi connectivity index (χ2n) is 6.60. The summed E-state index contributed by atoms with van der Waals surface area (Å²) in [6, 6.07) is 7.20. The summed E-state index contributed by atoms with van der Waals surface area (Å²) in [7, 11) is -0.449. The van der Waals surface area contributed by atoms with E-state index >= 15 is 0 Å². The van der Waals surface area contributed by atoms with Crippen LogP contribution in [0, 0.1) is 20.2 Å². The third kappa shape index (κ3) is 5.48. The number of aromatic hydroxyl groups is 1. The van der Waals surface area contributed by atoms with Crippen molar-refractivity contribution in [1.29, 1.82) is 0 Å². The quantitative estimate of drug-likeness (QED) is 0.245. The number of nitro benzene ring substituents is 2. The van der Waals surface area contributed by atoms with E-state index in [9.17, 15) is 25.3 Å². The van der Waals surface area contributed by atoms with Gasteiger partial charge in [0.05, 0.1) is 9.85 Å². The molecule has 1 N–H and O–H groups in total. The van der Waals surface area contributed by atoms with Crippen molar-refractivity contribution >= 4 is 38.2 Å². The number of phenols is 1. The molecule has 0 aliphatic carbocycles. The number of non-ortho nitro benzene ring substituents is 1. The van der Waals surface area contributed by atoms with Gasteiger partial charge in [-0.3, -0.25) is 20.2 Å². The minimum absolute atomic E-state index is 0.0696. The first-order valence-electron chi connectivity index (χ1n) is 9.43. The number of rotatable bonds is 10. The molecule has 0 fully saturated rings. The standard InChI is InChI=1S/C20H23BrN2O5S/c1-3-5-11-29(12-6-4-2)20-18(23(27)28)10-9-16(19(20)24)15-8-7-14(22(25)26)13-17(15)21/h7-10,13H,3-6,11-12H2,1-2H3/p+1. The molecule has 0 heterocycles. The van der Waals surface area contributed by atoms with Crippen LogP contribution >= 0.6 is 15.9 Å². The minimum Gasteiger partial charge on any atom is -0.503 e. The Hall–Kier alpha value is -2.13. The fraction of sp³-hybridized carbons (Fsp3) is 0.400. The molecule has 0 amide bonds. The van der Waals surface area contributed by atoms with Crippen LogP contribution in [-0.4, -0.2) is 26.5 Å². The van der Waals surface area contributed by atoms with E-state index in [4.69, 9.17) is 0 Å². The predicted octanol–water partition coefficient (Wildman–Crippen LogP) is 6.22. The molecule has 29 heavy (non-hydrogen) atoms. The van der Waals surface area contributed by atoms with Crippen LogP contribution in [0.4, 0.5) is 11.4 Å². The Morgan fingerprint density at radius 1 is 0.966 bits per heavy atom. The van der Waals surface area contributed by atoms with Crippen LogP contribution in [0.5, 0.6) is 5.75 Å². The van der Waals surface area contributed by atoms with Gasteiger partial charge in [-0.1, -0.05) is 26.7 Å². The number of hydrogen-bond donors (Lipinski definition) is 1. The summed E-state index contributed by atoms with van der Waals surface area (Å²) in [5, 5.41) is 33.8. The van der Waals surface area contributed by atoms with E-state index in [0.29, 0.717) is 20.5 Å². The summed E-state index contributed by atoms with van der Waals surface area (Å²) >= 11 is 3.33. The number of nitrogens with zero attached hydrogens (tertiary/aromatic N) is 2. The summed E-state index contributed by atoms with van der Waals surface area (Å²) in [6.45, 7) is 4.14. The number of nitro groups is 2. The maximum atomic E-state index is 11.7. The monoisotopic (exact) mass is 483 g/mol. The number of hydrogen-bond acceptors (Lipinski definition) is 5. The highest BCUT2D eigenvalue weighted by atomic mass is 79.9. The summed E-state index contributed by atoms with van der Waals surface area (Å²) in [6.07, 6.45) is 3.79. The molecule has 0 aliphatic rings. The summed E-state index contributed by atoms with van der Waals surface area (Å²) in [5.41, 5.74) is 0.837. The SMILES string of the molecule is CCCC[S+](CCCC)c1c([N+](=O)[O-])ccc(-c2ccc([N+](=O)[O-])cc2Br)c1O. The molecule has 2 rings (SSSR count). The van der Waals surface area contributed by atoms with Crippen LogP contribution in [0.3, 0.4) is 0 Å². The van der Waals surface area contributed by atoms with Gasteiger partial charge >= 0.3 is 5.69 Å². The molecule has 0 aliphatic heterocycles. The molecular weight excluding hydrogens is 460 g/mol. The maximum Gasteiger partial charge on any atom is 0.327 e. The first-order valence-corrected chi connectivity index (χ1v) is 11.8. The largest absolute Gasteiger partial charge is 0.503 e. The minimum atomic E-state index is -0.497. The van der Waals surface area contributed by atoms with Crippen molar-refractivity contribution in [2.45, 2.75) is 44.4 Å². The third-order valence-electron chi connectivity index (χ3n) is 4.54. The van der Waals surface area contributed by atoms with Crippen molar-refractivity contribution in [3.8, 4) is 16.9 Å². The molecule has 2 aromatic carbocycles. The van der Waals surface area contributed by atoms with Crippen LogP contribution in [0.1, 0.15) is 39.5 Å². The first-order chi connectivity index (χ1) is 13.8. The molecule has 0 spiro atoms. The average molecular weight is 484 g/mol. The molecule has 0 atom stereocenters. The van der Waals surface area contributed by atoms with Crippen LogP contribution in [0.25, 0.3) is 11.1 Å². The molecule has 0 bridgehead atoms. The lowest BCUT2D eigenvalue weighted by Gasteiger charge is -2.13. The van der Waals surface area contributed by atoms with E-state index < -0.39 is 20.7 Å². The highest BCUT2D eigenvalue weighted by molar-refractivity contribution is 9.10. The first kappa shape index (κ1) is 23.2. The Kier molecular flexibility index (Phi) is 8.45. The van der Waals surface area contributed by atoms with Crippen molar-refractivity contribution in [3.05, 3.63) is 55.0 Å². The smallest absolute Gasteiger partial charge is 0.327 e. The topological polar surface area (TPSA) is 107 Å². The zero-order chi connectivity index (χ0) is 21.6. The summed E-state index contributed by atoms with van der Waals surface area (Å²) in [5.74, 6) is 1.47. The molecule has 0 saturated carbocycles. The van der Waals surface area contributed by atoms with Gasteiger partial charge < -0.3 is 5.11 Å². The lowest BCUT2D eigenvalue weighted by molar-refractivity contribution is -0.387. The Balaban J connectivity index is 2.63. The van der Waals surface area contributed by atoms with Crippen molar-refractivity contribution in [2.75, 3.05) is 11.5 Å². The van der Waals surface area contributed by atoms with E-state index in [1.165, 1.54) is 24.3 Å². The maximum absolute atomic E-state index is 11.7. The molecule has 0 unspecified atom stereocenters. The molecule has 156 valence electrons. The van der Waals surface area contributed by atoms with Gasteiger partial charge in [-0.2, -0.15) is 0 Å². The summed E-state index contributed by atoms with van der Waals surface area (Å²) < 4.78 is 0.448. The van der Waals surface area contributed by atoms with Crippen LogP contribution in [0.15, 0.2) is 39.7 Å². The molecule has 7 nitrogen and oxygen atoms in total. The molecule has 0 aromatic heterocycles. The van der Waals surface area contributed by atoms with Crippen molar-refractivity contribution in [1.82, 2.24) is 0 Å². The van der Waals surface area contributed by atoms with E-state index in [0.717, 1.165) is 37.2 Å². The van der Waals surface area contributed by atoms with Crippen molar-refractivity contribution in [2.24, 2.45) is 0 Å². The summed E-state index contributed by atoms with van der Waals surface area (Å²) in [4.78, 5) is 22.1. The number of halogens is 1. The van der Waals surface area contributed by atoms with Crippen LogP contribution in [0.2, 0.25) is 0 Å². The highest BCUT2D eigenvalue weighted by Crippen LogP contribution is 2.44. The third-order valence-corrected chi connectivity index (χ3v) is 7.74. The number of unbranched alkanes of at least 4 members (excludes halogenated alkanes) is 2. The second-order valence-corrected chi connectivity index (χ2v) is 9.66. The van der Waals surface area contributed by atoms with E-state index in [1.54, 1.807) is 6.07 Å². The van der Waals surface area contributed by atoms with Crippen molar-refractivity contribution in [3.63, 3.8) is 0 Å². The van der Waals surface area contributed by atoms with E-state index in [-0.39, 0.29) is 17.1 Å². The van der Waals surface area contributed by atoms with E-state index in [2.05, 4.69) is 29.8 Å². The zero-order valence-electron chi connectivity index (χ0n) is 16.4. The average Bonchev–Trinajstić information content (AvgIpc) is 2.68. The van der Waals surface area contributed by atoms with Gasteiger partial charge in [0.25, 0.3) is 10.6 Å². The van der Waals surface area contributed by atoms with Gasteiger partial charge in [0.15, 0.2) is 5.75 Å². The van der Waals surface area contributed by atoms with Gasteiger partial charge in [-0.25, -0.2) is 0 Å². The zero-order valence-corrected chi connectivity index (χ0v) is 18.8. The number of phenolic OH excluding ortho intramolecular Hbond substituents is 1. The second kappa shape index (κ2) is 10.6. The number of benzene rings is 2. The van der Waals surface area contributed by atoms with Crippen molar-refractivity contribution < 1.29 is 15.0 Å². The lowest BCUT2D eigenvalue weighted by atomic mass is 10.0. The van der Waals surface area contributed by atoms with Gasteiger partial charge in [0, 0.05) is 44.7 Å². The lowest BCUT2D eigenvalue weighted by Crippen LogP contribution is -2.15. The van der Waals surface area contributed by atoms with Gasteiger partial charge in [0.2, 0.25) is 0 Å². The Bertz CT molecular complexity index is 899. The Morgan fingerprint density at radius 3 is 2.03 bits per heavy atom. The normalized spacial score (nSPS) is 11.0. The highest BCUT2D eigenvalue weighted by Gasteiger charge is 2.36.